The number of likely N-dealkylation sites (tertiary alicyclic amines) is 1. The van der Waals surface area contributed by atoms with E-state index in [0.717, 1.165) is 18.0 Å². The Hall–Kier alpha value is -0.120. The lowest BCUT2D eigenvalue weighted by molar-refractivity contribution is 0.194. The lowest BCUT2D eigenvalue weighted by atomic mass is 9.83. The van der Waals surface area contributed by atoms with Crippen molar-refractivity contribution in [3.63, 3.8) is 0 Å². The van der Waals surface area contributed by atoms with Crippen LogP contribution in [0.2, 0.25) is 0 Å². The van der Waals surface area contributed by atoms with Crippen molar-refractivity contribution >= 4 is 0 Å². The van der Waals surface area contributed by atoms with Crippen molar-refractivity contribution in [3.05, 3.63) is 0 Å². The maximum absolute atomic E-state index is 3.85. The summed E-state index contributed by atoms with van der Waals surface area (Å²) in [5.41, 5.74) is 0. The smallest absolute Gasteiger partial charge is 0.0229 e. The number of likely N-dealkylation sites (N-methyl/N-ethyl adjacent to an activating group) is 1. The van der Waals surface area contributed by atoms with Gasteiger partial charge >= 0.3 is 0 Å². The summed E-state index contributed by atoms with van der Waals surface area (Å²) in [6, 6.07) is 1.50. The van der Waals surface area contributed by atoms with E-state index in [9.17, 15) is 0 Å². The molecule has 0 amide bonds. The monoisotopic (exact) mass is 281 g/mol. The van der Waals surface area contributed by atoms with E-state index in [1.807, 2.05) is 0 Å². The van der Waals surface area contributed by atoms with Gasteiger partial charge in [0.2, 0.25) is 0 Å². The van der Waals surface area contributed by atoms with Crippen LogP contribution in [0.1, 0.15) is 51.9 Å². The van der Waals surface area contributed by atoms with Crippen LogP contribution in [0.15, 0.2) is 0 Å². The highest BCUT2D eigenvalue weighted by atomic mass is 15.2. The highest BCUT2D eigenvalue weighted by Crippen LogP contribution is 2.27. The van der Waals surface area contributed by atoms with E-state index in [2.05, 4.69) is 36.1 Å². The lowest BCUT2D eigenvalue weighted by Gasteiger charge is -2.34. The normalized spacial score (nSPS) is 27.3. The van der Waals surface area contributed by atoms with Crippen molar-refractivity contribution in [2.24, 2.45) is 5.92 Å². The minimum Gasteiger partial charge on any atom is -0.312 e. The van der Waals surface area contributed by atoms with E-state index >= 15 is 0 Å². The van der Waals surface area contributed by atoms with Gasteiger partial charge in [0.15, 0.2) is 0 Å². The minimum atomic E-state index is 0.733. The van der Waals surface area contributed by atoms with Crippen LogP contribution in [-0.2, 0) is 0 Å². The van der Waals surface area contributed by atoms with Crippen LogP contribution in [0.3, 0.4) is 0 Å². The molecule has 118 valence electrons. The van der Waals surface area contributed by atoms with E-state index in [-0.39, 0.29) is 0 Å². The zero-order chi connectivity index (χ0) is 14.4. The van der Waals surface area contributed by atoms with Crippen LogP contribution in [0.5, 0.6) is 0 Å². The number of hydrogen-bond acceptors (Lipinski definition) is 3. The van der Waals surface area contributed by atoms with Gasteiger partial charge < -0.3 is 15.1 Å². The second-order valence-corrected chi connectivity index (χ2v) is 7.12. The molecule has 0 aromatic carbocycles. The number of hydrogen-bond donors (Lipinski definition) is 1. The third-order valence-corrected chi connectivity index (χ3v) is 5.31. The largest absolute Gasteiger partial charge is 0.312 e. The maximum atomic E-state index is 3.85. The van der Waals surface area contributed by atoms with E-state index in [1.54, 1.807) is 0 Å². The first-order valence-corrected chi connectivity index (χ1v) is 8.83. The Labute approximate surface area is 126 Å². The molecule has 1 aliphatic heterocycles. The molecule has 1 N–H and O–H groups in total. The van der Waals surface area contributed by atoms with Gasteiger partial charge in [0.05, 0.1) is 0 Å². The van der Waals surface area contributed by atoms with Crippen LogP contribution in [-0.4, -0.2) is 62.2 Å². The fraction of sp³-hybridized carbons (Fsp3) is 1.00. The molecule has 1 aliphatic carbocycles. The van der Waals surface area contributed by atoms with E-state index in [4.69, 9.17) is 0 Å². The molecule has 1 heterocycles. The Morgan fingerprint density at radius 1 is 1.15 bits per heavy atom. The Morgan fingerprint density at radius 3 is 2.50 bits per heavy atom. The molecule has 2 fully saturated rings. The molecule has 20 heavy (non-hydrogen) atoms. The van der Waals surface area contributed by atoms with Crippen LogP contribution in [0, 0.1) is 5.92 Å². The van der Waals surface area contributed by atoms with Gasteiger partial charge in [-0.1, -0.05) is 26.2 Å². The van der Waals surface area contributed by atoms with Gasteiger partial charge in [-0.3, -0.25) is 0 Å². The number of nitrogens with zero attached hydrogens (tertiary/aromatic N) is 2. The number of nitrogens with one attached hydrogen (secondary N) is 1. The third kappa shape index (κ3) is 4.71. The molecule has 2 rings (SSSR count). The summed E-state index contributed by atoms with van der Waals surface area (Å²) in [4.78, 5) is 5.10. The molecule has 3 heteroatoms. The fourth-order valence-corrected chi connectivity index (χ4v) is 3.92. The van der Waals surface area contributed by atoms with Crippen LogP contribution < -0.4 is 5.32 Å². The molecule has 2 aliphatic rings. The lowest BCUT2D eigenvalue weighted by Crippen LogP contribution is -2.46. The zero-order valence-electron chi connectivity index (χ0n) is 13.9. The molecule has 0 spiro atoms. The predicted octanol–water partition coefficient (Wildman–Crippen LogP) is 2.57. The quantitative estimate of drug-likeness (QED) is 0.774. The Balaban J connectivity index is 1.83. The summed E-state index contributed by atoms with van der Waals surface area (Å²) in [6.07, 6.45) is 9.87. The molecule has 0 bridgehead atoms. The van der Waals surface area contributed by atoms with Gasteiger partial charge in [-0.05, 0) is 58.8 Å². The Bertz CT molecular complexity index is 261. The molecular weight excluding hydrogens is 246 g/mol. The first-order chi connectivity index (χ1) is 9.70. The summed E-state index contributed by atoms with van der Waals surface area (Å²) in [5.74, 6) is 0.925. The molecule has 0 aromatic rings. The Kier molecular flexibility index (Phi) is 6.79. The molecular formula is C17H35N3. The topological polar surface area (TPSA) is 18.5 Å². The van der Waals surface area contributed by atoms with E-state index in [0.29, 0.717) is 0 Å². The molecule has 2 unspecified atom stereocenters. The van der Waals surface area contributed by atoms with E-state index < -0.39 is 0 Å². The third-order valence-electron chi connectivity index (χ3n) is 5.31. The van der Waals surface area contributed by atoms with Crippen LogP contribution in [0.4, 0.5) is 0 Å². The molecule has 3 nitrogen and oxygen atoms in total. The number of rotatable bonds is 7. The highest BCUT2D eigenvalue weighted by Gasteiger charge is 2.29. The van der Waals surface area contributed by atoms with Crippen molar-refractivity contribution in [2.75, 3.05) is 40.3 Å². The van der Waals surface area contributed by atoms with Gasteiger partial charge in [-0.15, -0.1) is 0 Å². The summed E-state index contributed by atoms with van der Waals surface area (Å²) < 4.78 is 0. The second kappa shape index (κ2) is 8.35. The standard InChI is InChI=1S/C17H35N3/c1-4-11-18-17(15-8-6-5-7-9-15)14-20-12-10-16(13-20)19(2)3/h15-18H,4-14H2,1-3H3. The van der Waals surface area contributed by atoms with Crippen molar-refractivity contribution in [2.45, 2.75) is 64.0 Å². The first kappa shape index (κ1) is 16.3. The molecule has 0 radical (unpaired) electrons. The van der Waals surface area contributed by atoms with Crippen molar-refractivity contribution in [1.29, 1.82) is 0 Å². The SMILES string of the molecule is CCCNC(CN1CCC(N(C)C)C1)C1CCCCC1. The van der Waals surface area contributed by atoms with Crippen molar-refractivity contribution in [1.82, 2.24) is 15.1 Å². The molecule has 1 saturated carbocycles. The van der Waals surface area contributed by atoms with Crippen LogP contribution in [0.25, 0.3) is 0 Å². The molecule has 1 saturated heterocycles. The van der Waals surface area contributed by atoms with Crippen molar-refractivity contribution in [3.8, 4) is 0 Å². The van der Waals surface area contributed by atoms with Gasteiger partial charge in [-0.25, -0.2) is 0 Å². The molecule has 0 aromatic heterocycles. The average Bonchev–Trinajstić information content (AvgIpc) is 2.93. The second-order valence-electron chi connectivity index (χ2n) is 7.12. The summed E-state index contributed by atoms with van der Waals surface area (Å²) in [6.45, 7) is 7.30. The maximum Gasteiger partial charge on any atom is 0.0229 e. The fourth-order valence-electron chi connectivity index (χ4n) is 3.92. The minimum absolute atomic E-state index is 0.733. The van der Waals surface area contributed by atoms with E-state index in [1.165, 1.54) is 71.1 Å². The van der Waals surface area contributed by atoms with Gasteiger partial charge in [0.1, 0.15) is 0 Å². The van der Waals surface area contributed by atoms with Gasteiger partial charge in [-0.2, -0.15) is 0 Å². The average molecular weight is 281 g/mol. The van der Waals surface area contributed by atoms with Crippen molar-refractivity contribution < 1.29 is 0 Å². The summed E-state index contributed by atoms with van der Waals surface area (Å²) in [7, 11) is 4.45. The van der Waals surface area contributed by atoms with Gasteiger partial charge in [0.25, 0.3) is 0 Å². The Morgan fingerprint density at radius 2 is 1.90 bits per heavy atom. The first-order valence-electron chi connectivity index (χ1n) is 8.83. The summed E-state index contributed by atoms with van der Waals surface area (Å²) in [5, 5.41) is 3.85. The zero-order valence-corrected chi connectivity index (χ0v) is 13.9. The summed E-state index contributed by atoms with van der Waals surface area (Å²) >= 11 is 0. The van der Waals surface area contributed by atoms with Gasteiger partial charge in [0, 0.05) is 25.2 Å². The predicted molar refractivity (Wildman–Crippen MR) is 87.2 cm³/mol. The molecule has 2 atom stereocenters. The highest BCUT2D eigenvalue weighted by molar-refractivity contribution is 4.87. The van der Waals surface area contributed by atoms with Crippen LogP contribution >= 0.6 is 0 Å².